The summed E-state index contributed by atoms with van der Waals surface area (Å²) in [6.45, 7) is 4.97. The largest absolute Gasteiger partial charge is 0.493 e. The Morgan fingerprint density at radius 2 is 1.65 bits per heavy atom. The predicted octanol–water partition coefficient (Wildman–Crippen LogP) is 5.95. The van der Waals surface area contributed by atoms with E-state index in [1.54, 1.807) is 6.07 Å². The summed E-state index contributed by atoms with van der Waals surface area (Å²) in [6.07, 6.45) is 3.51. The van der Waals surface area contributed by atoms with Crippen LogP contribution in [-0.2, 0) is 22.4 Å². The average Bonchev–Trinajstić information content (AvgIpc) is 3.58. The summed E-state index contributed by atoms with van der Waals surface area (Å²) in [5.74, 6) is -0.202. The van der Waals surface area contributed by atoms with Crippen molar-refractivity contribution in [1.29, 1.82) is 0 Å². The highest BCUT2D eigenvalue weighted by atomic mass is 19.1. The molecule has 6 rings (SSSR count). The summed E-state index contributed by atoms with van der Waals surface area (Å²) in [5, 5.41) is 13.6. The van der Waals surface area contributed by atoms with Gasteiger partial charge in [0.25, 0.3) is 0 Å². The van der Waals surface area contributed by atoms with Gasteiger partial charge in [0.05, 0.1) is 19.1 Å². The van der Waals surface area contributed by atoms with Crippen LogP contribution in [0.1, 0.15) is 60.9 Å². The highest BCUT2D eigenvalue weighted by molar-refractivity contribution is 5.94. The van der Waals surface area contributed by atoms with Gasteiger partial charge in [-0.2, -0.15) is 0 Å². The van der Waals surface area contributed by atoms with Gasteiger partial charge >= 0.3 is 5.97 Å². The molecular weight excluding hydrogens is 551 g/mol. The topological polar surface area (TPSA) is 97.3 Å². The number of halogens is 1. The minimum Gasteiger partial charge on any atom is -0.493 e. The molecular formula is C34H37FN2O6. The van der Waals surface area contributed by atoms with Gasteiger partial charge in [-0.05, 0) is 90.3 Å². The lowest BCUT2D eigenvalue weighted by molar-refractivity contribution is -0.143. The number of fused-ring (bicyclic) bond motifs is 1. The number of carboxylic acid groups (broad SMARTS) is 1. The van der Waals surface area contributed by atoms with Crippen molar-refractivity contribution in [2.75, 3.05) is 31.8 Å². The van der Waals surface area contributed by atoms with Crippen LogP contribution in [0.5, 0.6) is 17.2 Å². The van der Waals surface area contributed by atoms with Gasteiger partial charge in [0.1, 0.15) is 11.6 Å². The minimum absolute atomic E-state index is 0.0287. The fourth-order valence-electron chi connectivity index (χ4n) is 6.34. The minimum atomic E-state index is -0.940. The molecule has 8 nitrogen and oxygen atoms in total. The number of aliphatic carboxylic acids is 1. The number of ether oxygens (including phenoxy) is 3. The number of amides is 1. The first-order valence-corrected chi connectivity index (χ1v) is 15.0. The first-order valence-electron chi connectivity index (χ1n) is 15.0. The van der Waals surface area contributed by atoms with E-state index < -0.39 is 23.8 Å². The number of anilines is 1. The zero-order valence-corrected chi connectivity index (χ0v) is 24.5. The molecule has 3 aromatic rings. The summed E-state index contributed by atoms with van der Waals surface area (Å²) in [4.78, 5) is 28.5. The van der Waals surface area contributed by atoms with Crippen molar-refractivity contribution < 1.29 is 33.3 Å². The van der Waals surface area contributed by atoms with Crippen molar-refractivity contribution in [3.63, 3.8) is 0 Å². The Kier molecular flexibility index (Phi) is 8.25. The molecule has 1 saturated heterocycles. The molecule has 0 bridgehead atoms. The lowest BCUT2D eigenvalue weighted by Gasteiger charge is -2.27. The SMILES string of the molecule is CCc1cc(F)cc(CC)c1NC(=O)CN1C[C@H](c2ccc3c(c2)OCO3)C(C(=O)O)[C@@H]1c1ccc(OCC2CC2)cc1. The van der Waals surface area contributed by atoms with E-state index in [0.29, 0.717) is 49.1 Å². The summed E-state index contributed by atoms with van der Waals surface area (Å²) in [5.41, 5.74) is 3.70. The molecule has 1 saturated carbocycles. The predicted molar refractivity (Wildman–Crippen MR) is 159 cm³/mol. The van der Waals surface area contributed by atoms with Crippen molar-refractivity contribution >= 4 is 17.6 Å². The highest BCUT2D eigenvalue weighted by Gasteiger charge is 2.48. The second kappa shape index (κ2) is 12.2. The number of carbonyl (C=O) groups is 2. The highest BCUT2D eigenvalue weighted by Crippen LogP contribution is 2.48. The Labute approximate surface area is 250 Å². The van der Waals surface area contributed by atoms with Crippen LogP contribution in [0, 0.1) is 17.7 Å². The van der Waals surface area contributed by atoms with Crippen LogP contribution in [0.25, 0.3) is 0 Å². The van der Waals surface area contributed by atoms with E-state index in [1.165, 1.54) is 25.0 Å². The Morgan fingerprint density at radius 3 is 2.30 bits per heavy atom. The van der Waals surface area contributed by atoms with E-state index in [1.807, 2.05) is 55.1 Å². The van der Waals surface area contributed by atoms with Crippen LogP contribution < -0.4 is 19.5 Å². The first-order chi connectivity index (χ1) is 20.8. The molecule has 1 unspecified atom stereocenters. The van der Waals surface area contributed by atoms with E-state index in [0.717, 1.165) is 28.0 Å². The van der Waals surface area contributed by atoms with E-state index in [-0.39, 0.29) is 25.1 Å². The third-order valence-corrected chi connectivity index (χ3v) is 8.75. The molecule has 1 amide bonds. The summed E-state index contributed by atoms with van der Waals surface area (Å²) in [7, 11) is 0. The van der Waals surface area contributed by atoms with Gasteiger partial charge < -0.3 is 24.6 Å². The third-order valence-electron chi connectivity index (χ3n) is 8.75. The molecule has 2 N–H and O–H groups in total. The van der Waals surface area contributed by atoms with Crippen LogP contribution in [-0.4, -0.2) is 48.4 Å². The Hall–Kier alpha value is -4.11. The van der Waals surface area contributed by atoms with Crippen LogP contribution in [0.4, 0.5) is 10.1 Å². The van der Waals surface area contributed by atoms with Crippen molar-refractivity contribution in [3.8, 4) is 17.2 Å². The van der Waals surface area contributed by atoms with Gasteiger partial charge in [-0.15, -0.1) is 0 Å². The van der Waals surface area contributed by atoms with Crippen molar-refractivity contribution in [3.05, 3.63) is 82.7 Å². The fraction of sp³-hybridized carbons (Fsp3) is 0.412. The summed E-state index contributed by atoms with van der Waals surface area (Å²) < 4.78 is 31.2. The molecule has 1 aliphatic carbocycles. The van der Waals surface area contributed by atoms with Gasteiger partial charge in [-0.3, -0.25) is 14.5 Å². The van der Waals surface area contributed by atoms with Gasteiger partial charge in [0.2, 0.25) is 12.7 Å². The number of likely N-dealkylation sites (tertiary alicyclic amines) is 1. The molecule has 0 spiro atoms. The molecule has 3 aliphatic rings. The smallest absolute Gasteiger partial charge is 0.309 e. The number of hydrogen-bond donors (Lipinski definition) is 2. The molecule has 43 heavy (non-hydrogen) atoms. The lowest BCUT2D eigenvalue weighted by atomic mass is 9.82. The maximum Gasteiger partial charge on any atom is 0.309 e. The Balaban J connectivity index is 1.31. The van der Waals surface area contributed by atoms with Gasteiger partial charge in [-0.1, -0.05) is 32.0 Å². The first kappa shape index (κ1) is 29.0. The molecule has 2 aliphatic heterocycles. The van der Waals surface area contributed by atoms with Crippen LogP contribution in [0.3, 0.4) is 0 Å². The molecule has 226 valence electrons. The average molecular weight is 589 g/mol. The number of carbonyl (C=O) groups excluding carboxylic acids is 1. The molecule has 9 heteroatoms. The van der Waals surface area contributed by atoms with Crippen molar-refractivity contribution in [2.24, 2.45) is 11.8 Å². The van der Waals surface area contributed by atoms with E-state index in [2.05, 4.69) is 5.32 Å². The molecule has 0 aromatic heterocycles. The molecule has 0 radical (unpaired) electrons. The fourth-order valence-corrected chi connectivity index (χ4v) is 6.34. The number of nitrogens with zero attached hydrogens (tertiary/aromatic N) is 1. The number of hydrogen-bond acceptors (Lipinski definition) is 6. The van der Waals surface area contributed by atoms with Crippen LogP contribution >= 0.6 is 0 Å². The Morgan fingerprint density at radius 1 is 0.977 bits per heavy atom. The molecule has 2 fully saturated rings. The normalized spacial score (nSPS) is 21.1. The summed E-state index contributed by atoms with van der Waals surface area (Å²) >= 11 is 0. The lowest BCUT2D eigenvalue weighted by Crippen LogP contribution is -2.35. The van der Waals surface area contributed by atoms with Crippen LogP contribution in [0.2, 0.25) is 0 Å². The van der Waals surface area contributed by atoms with Gasteiger partial charge in [-0.25, -0.2) is 4.39 Å². The number of rotatable bonds is 11. The van der Waals surface area contributed by atoms with Crippen molar-refractivity contribution in [2.45, 2.75) is 51.5 Å². The quantitative estimate of drug-likeness (QED) is 0.286. The van der Waals surface area contributed by atoms with Gasteiger partial charge in [0, 0.05) is 24.2 Å². The number of benzene rings is 3. The van der Waals surface area contributed by atoms with Gasteiger partial charge in [0.15, 0.2) is 11.5 Å². The Bertz CT molecular complexity index is 1480. The van der Waals surface area contributed by atoms with Crippen molar-refractivity contribution in [1.82, 2.24) is 4.90 Å². The zero-order valence-electron chi connectivity index (χ0n) is 24.5. The monoisotopic (exact) mass is 588 g/mol. The van der Waals surface area contributed by atoms with E-state index in [9.17, 15) is 19.1 Å². The second-order valence-electron chi connectivity index (χ2n) is 11.6. The maximum absolute atomic E-state index is 14.2. The van der Waals surface area contributed by atoms with E-state index >= 15 is 0 Å². The molecule has 3 aromatic carbocycles. The zero-order chi connectivity index (χ0) is 30.1. The summed E-state index contributed by atoms with van der Waals surface area (Å²) in [6, 6.07) is 15.4. The molecule has 2 heterocycles. The third kappa shape index (κ3) is 6.18. The maximum atomic E-state index is 14.2. The van der Waals surface area contributed by atoms with E-state index in [4.69, 9.17) is 14.2 Å². The number of aryl methyl sites for hydroxylation is 2. The molecule has 3 atom stereocenters. The van der Waals surface area contributed by atoms with Crippen LogP contribution in [0.15, 0.2) is 54.6 Å². The number of carboxylic acids is 1. The standard InChI is InChI=1S/C34H37FN2O6/c1-3-21-13-25(35)14-22(4-2)32(21)36-30(38)17-37-16-27(24-9-12-28-29(15-24)43-19-42-28)31(34(39)40)33(37)23-7-10-26(11-8-23)41-18-20-5-6-20/h7-15,20,27,31,33H,3-6,16-19H2,1-2H3,(H,36,38)(H,39,40)/t27-,31?,33+/m1/s1. The number of nitrogens with one attached hydrogen (secondary N) is 1. The second-order valence-corrected chi connectivity index (χ2v) is 11.6.